The molecule has 0 saturated carbocycles. The van der Waals surface area contributed by atoms with Crippen molar-refractivity contribution >= 4 is 27.3 Å². The molecule has 0 unspecified atom stereocenters. The molecule has 1 saturated heterocycles. The molecule has 2 heterocycles. The van der Waals surface area contributed by atoms with Gasteiger partial charge in [0.25, 0.3) is 10.0 Å². The number of hydrogen-bond acceptors (Lipinski definition) is 5. The highest BCUT2D eigenvalue weighted by molar-refractivity contribution is 7.91. The number of nitrogens with one attached hydrogen (secondary N) is 1. The first-order valence-electron chi connectivity index (χ1n) is 8.99. The van der Waals surface area contributed by atoms with Crippen molar-refractivity contribution < 1.29 is 13.2 Å². The third-order valence-electron chi connectivity index (χ3n) is 4.44. The fourth-order valence-electron chi connectivity index (χ4n) is 2.96. The molecular weight excluding hydrogens is 358 g/mol. The van der Waals surface area contributed by atoms with Crippen molar-refractivity contribution in [2.24, 2.45) is 0 Å². The first-order chi connectivity index (χ1) is 11.9. The van der Waals surface area contributed by atoms with Gasteiger partial charge >= 0.3 is 0 Å². The number of nitrogens with zero attached hydrogens (tertiary/aromatic N) is 2. The molecule has 0 spiro atoms. The molecule has 0 bridgehead atoms. The van der Waals surface area contributed by atoms with Gasteiger partial charge in [-0.1, -0.05) is 32.3 Å². The molecule has 0 radical (unpaired) electrons. The van der Waals surface area contributed by atoms with E-state index in [0.717, 1.165) is 12.8 Å². The summed E-state index contributed by atoms with van der Waals surface area (Å²) in [7, 11) is -3.38. The average Bonchev–Trinajstić information content (AvgIpc) is 3.10. The molecule has 1 amide bonds. The largest absolute Gasteiger partial charge is 0.353 e. The van der Waals surface area contributed by atoms with Gasteiger partial charge in [0.05, 0.1) is 6.54 Å². The highest BCUT2D eigenvalue weighted by Gasteiger charge is 2.29. The normalized spacial score (nSPS) is 18.2. The Bertz CT molecular complexity index is 624. The third kappa shape index (κ3) is 6.06. The highest BCUT2D eigenvalue weighted by Crippen LogP contribution is 2.21. The van der Waals surface area contributed by atoms with Crippen LogP contribution < -0.4 is 5.32 Å². The molecule has 142 valence electrons. The molecule has 1 fully saturated rings. The smallest absolute Gasteiger partial charge is 0.252 e. The molecule has 0 aliphatic carbocycles. The van der Waals surface area contributed by atoms with Crippen LogP contribution in [0.5, 0.6) is 0 Å². The van der Waals surface area contributed by atoms with Crippen molar-refractivity contribution in [2.75, 3.05) is 32.7 Å². The van der Waals surface area contributed by atoms with Gasteiger partial charge in [-0.05, 0) is 24.8 Å². The van der Waals surface area contributed by atoms with Crippen LogP contribution in [0, 0.1) is 0 Å². The molecule has 2 rings (SSSR count). The monoisotopic (exact) mass is 387 g/mol. The molecule has 0 aromatic carbocycles. The van der Waals surface area contributed by atoms with E-state index in [4.69, 9.17) is 0 Å². The van der Waals surface area contributed by atoms with E-state index in [9.17, 15) is 13.2 Å². The summed E-state index contributed by atoms with van der Waals surface area (Å²) >= 11 is 1.24. The first kappa shape index (κ1) is 20.4. The summed E-state index contributed by atoms with van der Waals surface area (Å²) in [5.74, 6) is 0.0264. The van der Waals surface area contributed by atoms with E-state index < -0.39 is 10.0 Å². The standard InChI is InChI=1S/C17H29N3O3S2/c1-3-4-5-7-15(2)18-16(21)14-19-9-11-20(12-10-19)25(22,23)17-8-6-13-24-17/h6,8,13,15H,3-5,7,9-12,14H2,1-2H3,(H,18,21)/t15-/m1/s1. The molecule has 25 heavy (non-hydrogen) atoms. The average molecular weight is 388 g/mol. The predicted molar refractivity (Wildman–Crippen MR) is 101 cm³/mol. The summed E-state index contributed by atoms with van der Waals surface area (Å²) in [6.07, 6.45) is 4.52. The van der Waals surface area contributed by atoms with Gasteiger partial charge in [-0.25, -0.2) is 8.42 Å². The molecule has 6 nitrogen and oxygen atoms in total. The van der Waals surface area contributed by atoms with E-state index >= 15 is 0 Å². The maximum absolute atomic E-state index is 12.5. The highest BCUT2D eigenvalue weighted by atomic mass is 32.2. The van der Waals surface area contributed by atoms with Gasteiger partial charge in [0, 0.05) is 32.2 Å². The number of rotatable bonds is 9. The summed E-state index contributed by atoms with van der Waals surface area (Å²) in [6.45, 7) is 6.58. The predicted octanol–water partition coefficient (Wildman–Crippen LogP) is 2.14. The van der Waals surface area contributed by atoms with Crippen LogP contribution in [0.25, 0.3) is 0 Å². The van der Waals surface area contributed by atoms with Gasteiger partial charge in [-0.3, -0.25) is 9.69 Å². The maximum atomic E-state index is 12.5. The molecule has 1 aromatic rings. The zero-order chi connectivity index (χ0) is 18.3. The van der Waals surface area contributed by atoms with Gasteiger partial charge < -0.3 is 5.32 Å². The molecule has 1 aromatic heterocycles. The molecule has 8 heteroatoms. The summed E-state index contributed by atoms with van der Waals surface area (Å²) in [6, 6.07) is 3.58. The Hall–Kier alpha value is -0.960. The Balaban J connectivity index is 1.74. The number of unbranched alkanes of at least 4 members (excludes halogenated alkanes) is 2. The first-order valence-corrected chi connectivity index (χ1v) is 11.3. The lowest BCUT2D eigenvalue weighted by Gasteiger charge is -2.33. The summed E-state index contributed by atoms with van der Waals surface area (Å²) in [5, 5.41) is 4.81. The number of thiophene rings is 1. The second-order valence-electron chi connectivity index (χ2n) is 6.58. The van der Waals surface area contributed by atoms with Gasteiger partial charge in [0.15, 0.2) is 0 Å². The van der Waals surface area contributed by atoms with Gasteiger partial charge in [-0.15, -0.1) is 11.3 Å². The minimum absolute atomic E-state index is 0.0264. The van der Waals surface area contributed by atoms with Crippen LogP contribution in [0.15, 0.2) is 21.7 Å². The van der Waals surface area contributed by atoms with Crippen molar-refractivity contribution in [1.29, 1.82) is 0 Å². The molecule has 1 atom stereocenters. The zero-order valence-electron chi connectivity index (χ0n) is 15.1. The van der Waals surface area contributed by atoms with E-state index in [1.54, 1.807) is 17.5 Å². The van der Waals surface area contributed by atoms with E-state index in [-0.39, 0.29) is 11.9 Å². The maximum Gasteiger partial charge on any atom is 0.252 e. The Kier molecular flexibility index (Phi) is 7.86. The number of hydrogen-bond donors (Lipinski definition) is 1. The third-order valence-corrected chi connectivity index (χ3v) is 7.71. The van der Waals surface area contributed by atoms with Crippen LogP contribution in [-0.2, 0) is 14.8 Å². The molecule has 1 aliphatic heterocycles. The second kappa shape index (κ2) is 9.66. The van der Waals surface area contributed by atoms with Crippen LogP contribution in [0.3, 0.4) is 0 Å². The Morgan fingerprint density at radius 1 is 1.28 bits per heavy atom. The number of carbonyl (C=O) groups is 1. The Morgan fingerprint density at radius 2 is 2.00 bits per heavy atom. The van der Waals surface area contributed by atoms with E-state index in [1.807, 2.05) is 11.8 Å². The van der Waals surface area contributed by atoms with Crippen molar-refractivity contribution in [3.8, 4) is 0 Å². The van der Waals surface area contributed by atoms with E-state index in [0.29, 0.717) is 36.9 Å². The fourth-order valence-corrected chi connectivity index (χ4v) is 5.53. The zero-order valence-corrected chi connectivity index (χ0v) is 16.7. The Labute approximate surface area is 155 Å². The van der Waals surface area contributed by atoms with Crippen LogP contribution in [-0.4, -0.2) is 62.3 Å². The van der Waals surface area contributed by atoms with Crippen LogP contribution in [0.4, 0.5) is 0 Å². The van der Waals surface area contributed by atoms with Crippen LogP contribution in [0.2, 0.25) is 0 Å². The lowest BCUT2D eigenvalue weighted by atomic mass is 10.1. The molecule has 1 aliphatic rings. The molecule has 1 N–H and O–H groups in total. The minimum atomic E-state index is -3.38. The lowest BCUT2D eigenvalue weighted by molar-refractivity contribution is -0.123. The molecular formula is C17H29N3O3S2. The fraction of sp³-hybridized carbons (Fsp3) is 0.706. The minimum Gasteiger partial charge on any atom is -0.353 e. The van der Waals surface area contributed by atoms with Crippen molar-refractivity contribution in [3.63, 3.8) is 0 Å². The van der Waals surface area contributed by atoms with Gasteiger partial charge in [0.1, 0.15) is 4.21 Å². The van der Waals surface area contributed by atoms with E-state index in [2.05, 4.69) is 12.2 Å². The van der Waals surface area contributed by atoms with Crippen LogP contribution >= 0.6 is 11.3 Å². The topological polar surface area (TPSA) is 69.7 Å². The summed E-state index contributed by atoms with van der Waals surface area (Å²) in [4.78, 5) is 14.2. The second-order valence-corrected chi connectivity index (χ2v) is 9.69. The van der Waals surface area contributed by atoms with Crippen molar-refractivity contribution in [3.05, 3.63) is 17.5 Å². The van der Waals surface area contributed by atoms with Crippen LogP contribution in [0.1, 0.15) is 39.5 Å². The van der Waals surface area contributed by atoms with Crippen molar-refractivity contribution in [1.82, 2.24) is 14.5 Å². The van der Waals surface area contributed by atoms with Crippen molar-refractivity contribution in [2.45, 2.75) is 49.8 Å². The van der Waals surface area contributed by atoms with Gasteiger partial charge in [-0.2, -0.15) is 4.31 Å². The van der Waals surface area contributed by atoms with E-state index in [1.165, 1.54) is 28.5 Å². The summed E-state index contributed by atoms with van der Waals surface area (Å²) < 4.78 is 26.9. The number of piperazine rings is 1. The summed E-state index contributed by atoms with van der Waals surface area (Å²) in [5.41, 5.74) is 0. The quantitative estimate of drug-likeness (QED) is 0.659. The number of sulfonamides is 1. The Morgan fingerprint density at radius 3 is 2.60 bits per heavy atom. The lowest BCUT2D eigenvalue weighted by Crippen LogP contribution is -2.51. The number of carbonyl (C=O) groups excluding carboxylic acids is 1. The SMILES string of the molecule is CCCCC[C@@H](C)NC(=O)CN1CCN(S(=O)(=O)c2cccs2)CC1. The number of amides is 1. The van der Waals surface area contributed by atoms with Gasteiger partial charge in [0.2, 0.25) is 5.91 Å².